The second kappa shape index (κ2) is 7.35. The van der Waals surface area contributed by atoms with Crippen LogP contribution in [0.2, 0.25) is 0 Å². The maximum atomic E-state index is 13.3. The summed E-state index contributed by atoms with van der Waals surface area (Å²) < 4.78 is 54.6. The van der Waals surface area contributed by atoms with Gasteiger partial charge in [0.2, 0.25) is 0 Å². The Balaban J connectivity index is 2.60. The van der Waals surface area contributed by atoms with Crippen molar-refractivity contribution in [3.05, 3.63) is 29.6 Å². The Morgan fingerprint density at radius 1 is 1.19 bits per heavy atom. The molecule has 120 valence electrons. The Morgan fingerprint density at radius 3 is 2.43 bits per heavy atom. The molecule has 0 spiro atoms. The highest BCUT2D eigenvalue weighted by Gasteiger charge is 2.27. The summed E-state index contributed by atoms with van der Waals surface area (Å²) in [6.45, 7) is 6.19. The van der Waals surface area contributed by atoms with E-state index in [4.69, 9.17) is 4.74 Å². The van der Waals surface area contributed by atoms with Crippen LogP contribution in [0.25, 0.3) is 0 Å². The summed E-state index contributed by atoms with van der Waals surface area (Å²) >= 11 is -0.135. The van der Waals surface area contributed by atoms with E-state index in [1.807, 2.05) is 20.8 Å². The standard InChI is InChI=1S/C14H19F4NOS/c1-13(2,3)19-9-10-8-11(15)4-5-12(10)20-6-7-21-14(16,17)18/h4-5,8,19H,6-7,9H2,1-3H3. The molecular formula is C14H19F4NOS. The van der Waals surface area contributed by atoms with Gasteiger partial charge in [0, 0.05) is 23.4 Å². The van der Waals surface area contributed by atoms with Crippen molar-refractivity contribution in [2.75, 3.05) is 12.4 Å². The highest BCUT2D eigenvalue weighted by molar-refractivity contribution is 8.00. The number of halogens is 4. The molecule has 0 aliphatic heterocycles. The van der Waals surface area contributed by atoms with Crippen LogP contribution in [0.4, 0.5) is 17.6 Å². The van der Waals surface area contributed by atoms with E-state index in [0.717, 1.165) is 0 Å². The number of nitrogens with one attached hydrogen (secondary N) is 1. The zero-order chi connectivity index (χ0) is 16.1. The lowest BCUT2D eigenvalue weighted by Crippen LogP contribution is -2.35. The van der Waals surface area contributed by atoms with Crippen molar-refractivity contribution in [3.8, 4) is 5.75 Å². The first kappa shape index (κ1) is 18.1. The van der Waals surface area contributed by atoms with E-state index >= 15 is 0 Å². The van der Waals surface area contributed by atoms with Gasteiger partial charge < -0.3 is 10.1 Å². The molecule has 1 N–H and O–H groups in total. The van der Waals surface area contributed by atoms with E-state index in [1.165, 1.54) is 18.2 Å². The summed E-state index contributed by atoms with van der Waals surface area (Å²) in [5.41, 5.74) is -3.83. The predicted octanol–water partition coefficient (Wildman–Crippen LogP) is 4.35. The van der Waals surface area contributed by atoms with Gasteiger partial charge in [-0.3, -0.25) is 0 Å². The Hall–Kier alpha value is -0.950. The quantitative estimate of drug-likeness (QED) is 0.621. The third-order valence-corrected chi connectivity index (χ3v) is 3.14. The smallest absolute Gasteiger partial charge is 0.441 e. The lowest BCUT2D eigenvalue weighted by atomic mass is 10.1. The molecule has 0 radical (unpaired) electrons. The minimum Gasteiger partial charge on any atom is -0.492 e. The lowest BCUT2D eigenvalue weighted by molar-refractivity contribution is -0.0329. The maximum Gasteiger partial charge on any atom is 0.441 e. The van der Waals surface area contributed by atoms with Gasteiger partial charge in [-0.2, -0.15) is 13.2 Å². The SMILES string of the molecule is CC(C)(C)NCc1cc(F)ccc1OCCSC(F)(F)F. The largest absolute Gasteiger partial charge is 0.492 e. The average Bonchev–Trinajstić information content (AvgIpc) is 2.31. The molecule has 0 unspecified atom stereocenters. The van der Waals surface area contributed by atoms with Gasteiger partial charge in [0.15, 0.2) is 0 Å². The van der Waals surface area contributed by atoms with Crippen molar-refractivity contribution < 1.29 is 22.3 Å². The number of hydrogen-bond donors (Lipinski definition) is 1. The third-order valence-electron chi connectivity index (χ3n) is 2.44. The summed E-state index contributed by atoms with van der Waals surface area (Å²) in [6, 6.07) is 3.99. The Kier molecular flexibility index (Phi) is 6.34. The van der Waals surface area contributed by atoms with Crippen LogP contribution in [-0.2, 0) is 6.54 Å². The molecule has 0 aliphatic rings. The van der Waals surface area contributed by atoms with Crippen molar-refractivity contribution in [2.24, 2.45) is 0 Å². The fourth-order valence-corrected chi connectivity index (χ4v) is 1.89. The van der Waals surface area contributed by atoms with E-state index < -0.39 is 11.3 Å². The maximum absolute atomic E-state index is 13.3. The minimum atomic E-state index is -4.26. The fourth-order valence-electron chi connectivity index (χ4n) is 1.50. The first-order valence-electron chi connectivity index (χ1n) is 6.44. The number of ether oxygens (including phenoxy) is 1. The van der Waals surface area contributed by atoms with E-state index in [0.29, 0.717) is 17.9 Å². The van der Waals surface area contributed by atoms with Crippen molar-refractivity contribution in [1.82, 2.24) is 5.32 Å². The number of benzene rings is 1. The summed E-state index contributed by atoms with van der Waals surface area (Å²) in [5.74, 6) is -0.207. The molecule has 7 heteroatoms. The van der Waals surface area contributed by atoms with Gasteiger partial charge >= 0.3 is 5.51 Å². The Labute approximate surface area is 126 Å². The van der Waals surface area contributed by atoms with Gasteiger partial charge in [0.25, 0.3) is 0 Å². The van der Waals surface area contributed by atoms with Crippen LogP contribution in [0, 0.1) is 5.82 Å². The molecule has 1 aromatic carbocycles. The summed E-state index contributed by atoms with van der Waals surface area (Å²) in [5, 5.41) is 3.19. The Bertz CT molecular complexity index is 457. The molecular weight excluding hydrogens is 306 g/mol. The van der Waals surface area contributed by atoms with Gasteiger partial charge in [0.05, 0.1) is 6.61 Å². The van der Waals surface area contributed by atoms with Crippen LogP contribution in [0.1, 0.15) is 26.3 Å². The highest BCUT2D eigenvalue weighted by atomic mass is 32.2. The number of rotatable bonds is 6. The molecule has 1 rings (SSSR count). The first-order chi connectivity index (χ1) is 9.57. The molecule has 2 nitrogen and oxygen atoms in total. The lowest BCUT2D eigenvalue weighted by Gasteiger charge is -2.21. The molecule has 0 amide bonds. The van der Waals surface area contributed by atoms with Crippen LogP contribution in [0.15, 0.2) is 18.2 Å². The summed E-state index contributed by atoms with van der Waals surface area (Å²) in [4.78, 5) is 0. The van der Waals surface area contributed by atoms with E-state index in [2.05, 4.69) is 5.32 Å². The van der Waals surface area contributed by atoms with Crippen LogP contribution in [0.3, 0.4) is 0 Å². The zero-order valence-corrected chi connectivity index (χ0v) is 13.0. The number of alkyl halides is 3. The number of hydrogen-bond acceptors (Lipinski definition) is 3. The molecule has 1 aromatic rings. The molecule has 0 saturated carbocycles. The van der Waals surface area contributed by atoms with Crippen LogP contribution in [0.5, 0.6) is 5.75 Å². The van der Waals surface area contributed by atoms with Crippen LogP contribution >= 0.6 is 11.8 Å². The second-order valence-electron chi connectivity index (χ2n) is 5.50. The normalized spacial score (nSPS) is 12.5. The Morgan fingerprint density at radius 2 is 1.86 bits per heavy atom. The monoisotopic (exact) mass is 325 g/mol. The van der Waals surface area contributed by atoms with Gasteiger partial charge in [-0.15, -0.1) is 0 Å². The third kappa shape index (κ3) is 8.16. The van der Waals surface area contributed by atoms with Crippen molar-refractivity contribution >= 4 is 11.8 Å². The van der Waals surface area contributed by atoms with Gasteiger partial charge in [-0.1, -0.05) is 0 Å². The molecule has 0 bridgehead atoms. The predicted molar refractivity (Wildman–Crippen MR) is 77.0 cm³/mol. The molecule has 0 aliphatic carbocycles. The fraction of sp³-hybridized carbons (Fsp3) is 0.571. The van der Waals surface area contributed by atoms with Gasteiger partial charge in [-0.25, -0.2) is 4.39 Å². The summed E-state index contributed by atoms with van der Waals surface area (Å²) in [7, 11) is 0. The molecule has 0 aromatic heterocycles. The molecule has 0 fully saturated rings. The zero-order valence-electron chi connectivity index (χ0n) is 12.2. The van der Waals surface area contributed by atoms with Crippen LogP contribution in [-0.4, -0.2) is 23.4 Å². The van der Waals surface area contributed by atoms with Crippen molar-refractivity contribution in [1.29, 1.82) is 0 Å². The molecule has 21 heavy (non-hydrogen) atoms. The van der Waals surface area contributed by atoms with E-state index in [1.54, 1.807) is 0 Å². The van der Waals surface area contributed by atoms with Gasteiger partial charge in [0.1, 0.15) is 11.6 Å². The van der Waals surface area contributed by atoms with Crippen LogP contribution < -0.4 is 10.1 Å². The van der Waals surface area contributed by atoms with E-state index in [-0.39, 0.29) is 29.7 Å². The molecule has 0 atom stereocenters. The first-order valence-corrected chi connectivity index (χ1v) is 7.42. The van der Waals surface area contributed by atoms with Crippen molar-refractivity contribution in [3.63, 3.8) is 0 Å². The van der Waals surface area contributed by atoms with Crippen molar-refractivity contribution in [2.45, 2.75) is 38.4 Å². The second-order valence-corrected chi connectivity index (χ2v) is 6.66. The number of thioether (sulfide) groups is 1. The molecule has 0 heterocycles. The van der Waals surface area contributed by atoms with Gasteiger partial charge in [-0.05, 0) is 50.7 Å². The average molecular weight is 325 g/mol. The van der Waals surface area contributed by atoms with E-state index in [9.17, 15) is 17.6 Å². The minimum absolute atomic E-state index is 0.0850. The highest BCUT2D eigenvalue weighted by Crippen LogP contribution is 2.30. The molecule has 0 saturated heterocycles. The topological polar surface area (TPSA) is 21.3 Å². The summed E-state index contributed by atoms with van der Waals surface area (Å²) in [6.07, 6.45) is 0.